The van der Waals surface area contributed by atoms with Crippen LogP contribution < -0.4 is 35.9 Å². The summed E-state index contributed by atoms with van der Waals surface area (Å²) in [5, 5.41) is 26.4. The topological polar surface area (TPSA) is 375 Å². The van der Waals surface area contributed by atoms with Crippen LogP contribution in [0.25, 0.3) is 11.2 Å². The molecule has 1 saturated heterocycles. The van der Waals surface area contributed by atoms with Crippen molar-refractivity contribution in [2.24, 2.45) is 5.41 Å². The molecule has 7 atom stereocenters. The van der Waals surface area contributed by atoms with E-state index in [1.165, 1.54) is 78.1 Å². The van der Waals surface area contributed by atoms with Crippen molar-refractivity contribution in [3.05, 3.63) is 97.7 Å². The number of hydrogen-bond donors (Lipinski definition) is 5. The van der Waals surface area contributed by atoms with Crippen molar-refractivity contribution in [1.29, 1.82) is 0 Å². The predicted octanol–water partition coefficient (Wildman–Crippen LogP) is 7.85. The van der Waals surface area contributed by atoms with Crippen LogP contribution >= 0.6 is 35.2 Å². The number of fused-ring (bicyclic) bond motifs is 1. The molecule has 2 aromatic rings. The lowest BCUT2D eigenvalue weighted by molar-refractivity contribution is -0.347. The maximum Gasteiger partial charge on any atom is 0.274 e. The second-order valence-electron chi connectivity index (χ2n) is 20.8. The molecule has 6 N–H and O–H groups in total. The van der Waals surface area contributed by atoms with E-state index in [2.05, 4.69) is 123 Å². The van der Waals surface area contributed by atoms with Gasteiger partial charge in [0.25, 0.3) is 15.6 Å². The Kier molecular flexibility index (Phi) is 36.9. The van der Waals surface area contributed by atoms with E-state index in [1.54, 1.807) is 6.08 Å². The van der Waals surface area contributed by atoms with E-state index >= 15 is 0 Å². The molecule has 0 aromatic carbocycles. The molecule has 0 saturated carbocycles. The fraction of sp³-hybridized carbons (Fsp3) is 0.614. The SMILES string of the molecule is CC/C=C\C/C=C\C/C=C\C/C=C\C/C=C\C/C=C\CCCCCCCCCCCCCC/C=C/C(=O)SCCNC(=O)CCNC(=O)[C@H](O)C(C)(C)COP(=O)([O-])OP(=O)([O-])OC[C@H]1O[C@@H](n2cnc3c(N)ncnc32)[C@H](O)[C@@H]1OP(=O)([O-])[O-]. The van der Waals surface area contributed by atoms with Crippen molar-refractivity contribution in [3.63, 3.8) is 0 Å². The molecule has 0 bridgehead atoms. The van der Waals surface area contributed by atoms with Gasteiger partial charge in [0.05, 0.1) is 27.4 Å². The summed E-state index contributed by atoms with van der Waals surface area (Å²) in [6.07, 6.45) is 45.5. The first-order valence-electron chi connectivity index (χ1n) is 29.1. The quantitative estimate of drug-likeness (QED) is 0.0182. The monoisotopic (exact) mass is 1270 g/mol. The molecule has 2 aromatic heterocycles. The van der Waals surface area contributed by atoms with Gasteiger partial charge >= 0.3 is 0 Å². The molecule has 1 fully saturated rings. The fourth-order valence-corrected chi connectivity index (χ4v) is 11.8. The fourth-order valence-electron chi connectivity index (χ4n) is 8.42. The molecule has 1 aliphatic heterocycles. The van der Waals surface area contributed by atoms with Crippen molar-refractivity contribution < 1.29 is 80.5 Å². The normalized spacial score (nSPS) is 19.0. The number of amides is 2. The average Bonchev–Trinajstić information content (AvgIpc) is 2.05. The largest absolute Gasteiger partial charge is 0.790 e. The summed E-state index contributed by atoms with van der Waals surface area (Å²) in [5.41, 5.74) is 4.09. The number of phosphoric ester groups is 3. The Morgan fingerprint density at radius 2 is 1.26 bits per heavy atom. The lowest BCUT2D eigenvalue weighted by atomic mass is 9.87. The third kappa shape index (κ3) is 33.1. The van der Waals surface area contributed by atoms with Gasteiger partial charge in [-0.15, -0.1) is 0 Å². The van der Waals surface area contributed by atoms with Gasteiger partial charge < -0.3 is 69.0 Å². The number of nitrogen functional groups attached to an aromatic ring is 1. The van der Waals surface area contributed by atoms with E-state index in [0.717, 1.165) is 93.2 Å². The zero-order valence-corrected chi connectivity index (χ0v) is 52.6. The first-order valence-corrected chi connectivity index (χ1v) is 34.5. The minimum Gasteiger partial charge on any atom is -0.790 e. The average molecular weight is 1270 g/mol. The summed E-state index contributed by atoms with van der Waals surface area (Å²) in [5.74, 6) is -1.22. The second kappa shape index (κ2) is 41.8. The van der Waals surface area contributed by atoms with Crippen molar-refractivity contribution in [2.75, 3.05) is 37.8 Å². The molecule has 24 nitrogen and oxygen atoms in total. The van der Waals surface area contributed by atoms with Crippen LogP contribution in [-0.2, 0) is 50.7 Å². The van der Waals surface area contributed by atoms with Gasteiger partial charge in [0.2, 0.25) is 16.9 Å². The van der Waals surface area contributed by atoms with E-state index in [1.807, 2.05) is 6.08 Å². The Bertz CT molecular complexity index is 2660. The minimum atomic E-state index is -5.93. The van der Waals surface area contributed by atoms with Crippen LogP contribution in [0.3, 0.4) is 0 Å². The standard InChI is InChI=1S/C57H92N7O17P3S/c1-4-5-6-7-8-9-10-11-12-13-14-15-16-17-18-19-20-21-22-23-24-25-26-27-28-29-30-31-32-33-34-35-36-37-48(66)85-41-40-59-47(65)38-39-60-55(69)52(68)57(2,3)43-78-84(75,76)81-83(73,74)77-42-46-51(80-82(70,71)72)50(67)56(79-46)64-45-63-49-53(58)61-44-62-54(49)64/h5-6,8-9,11-12,14-15,17-18,20-21,36-37,44-46,50-52,56,67-68H,4,7,10,13,16,19,22-35,38-43H2,1-3H3,(H,59,65)(H,60,69)(H,73,74)(H,75,76)(H2,58,61,62)(H2,70,71,72)/p-4/b6-5-,9-8-,12-11-,15-14-,18-17-,21-20-,37-36+/t46-,50-,51-,52+,56-/m1/s1. The minimum absolute atomic E-state index is 0.0206. The number of anilines is 1. The number of nitrogens with two attached hydrogens (primary N) is 1. The van der Waals surface area contributed by atoms with Crippen LogP contribution in [-0.4, -0.2) is 103 Å². The van der Waals surface area contributed by atoms with Crippen molar-refractivity contribution in [1.82, 2.24) is 30.2 Å². The van der Waals surface area contributed by atoms with E-state index in [9.17, 15) is 57.9 Å². The third-order valence-corrected chi connectivity index (χ3v) is 16.9. The lowest BCUT2D eigenvalue weighted by Crippen LogP contribution is -2.46. The number of aliphatic hydroxyl groups excluding tert-OH is 2. The molecule has 0 aliphatic carbocycles. The number of nitrogens with zero attached hydrogens (tertiary/aromatic N) is 4. The maximum atomic E-state index is 12.7. The summed E-state index contributed by atoms with van der Waals surface area (Å²) in [7, 11) is -17.6. The van der Waals surface area contributed by atoms with Gasteiger partial charge in [0, 0.05) is 30.7 Å². The van der Waals surface area contributed by atoms with Gasteiger partial charge in [-0.25, -0.2) is 19.3 Å². The zero-order chi connectivity index (χ0) is 62.4. The molecule has 1 aliphatic rings. The van der Waals surface area contributed by atoms with Crippen LogP contribution in [0.4, 0.5) is 5.82 Å². The van der Waals surface area contributed by atoms with Crippen molar-refractivity contribution in [3.8, 4) is 0 Å². The predicted molar refractivity (Wildman–Crippen MR) is 320 cm³/mol. The number of carbonyl (C=O) groups excluding carboxylic acids is 3. The Hall–Kier alpha value is -4.26. The number of nitrogens with one attached hydrogen (secondary N) is 2. The third-order valence-electron chi connectivity index (χ3n) is 13.1. The Balaban J connectivity index is 1.15. The number of allylic oxidation sites excluding steroid dienone is 13. The number of aromatic nitrogens is 4. The summed E-state index contributed by atoms with van der Waals surface area (Å²) < 4.78 is 61.0. The number of unbranched alkanes of at least 4 members (excludes halogenated alkanes) is 13. The number of rotatable bonds is 46. The van der Waals surface area contributed by atoms with Gasteiger partial charge in [0.15, 0.2) is 17.7 Å². The van der Waals surface area contributed by atoms with Gasteiger partial charge in [0.1, 0.15) is 36.3 Å². The van der Waals surface area contributed by atoms with E-state index < -0.39 is 84.6 Å². The van der Waals surface area contributed by atoms with Gasteiger partial charge in [-0.3, -0.25) is 28.1 Å². The molecule has 2 amide bonds. The van der Waals surface area contributed by atoms with Gasteiger partial charge in [-0.05, 0) is 70.3 Å². The van der Waals surface area contributed by atoms with Crippen LogP contribution in [0.15, 0.2) is 97.7 Å². The molecule has 0 radical (unpaired) electrons. The van der Waals surface area contributed by atoms with Crippen molar-refractivity contribution >= 4 is 69.1 Å². The van der Waals surface area contributed by atoms with Crippen molar-refractivity contribution in [2.45, 2.75) is 186 Å². The molecular weight excluding hydrogens is 1180 g/mol. The smallest absolute Gasteiger partial charge is 0.274 e. The highest BCUT2D eigenvalue weighted by atomic mass is 32.2. The molecule has 478 valence electrons. The molecule has 28 heteroatoms. The van der Waals surface area contributed by atoms with E-state index in [4.69, 9.17) is 10.5 Å². The lowest BCUT2D eigenvalue weighted by Gasteiger charge is -2.36. The number of carbonyl (C=O) groups is 3. The highest BCUT2D eigenvalue weighted by molar-refractivity contribution is 8.14. The van der Waals surface area contributed by atoms with Crippen LogP contribution in [0, 0.1) is 5.41 Å². The number of imidazole rings is 1. The second-order valence-corrected chi connectivity index (χ2v) is 26.0. The molecule has 3 heterocycles. The number of aliphatic hydroxyl groups is 2. The Morgan fingerprint density at radius 3 is 1.81 bits per heavy atom. The van der Waals surface area contributed by atoms with E-state index in [0.29, 0.717) is 5.75 Å². The Labute approximate surface area is 504 Å². The van der Waals surface area contributed by atoms with Gasteiger partial charge in [-0.1, -0.05) is 176 Å². The highest BCUT2D eigenvalue weighted by Crippen LogP contribution is 2.56. The zero-order valence-electron chi connectivity index (χ0n) is 49.1. The molecule has 3 rings (SSSR count). The highest BCUT2D eigenvalue weighted by Gasteiger charge is 2.47. The summed E-state index contributed by atoms with van der Waals surface area (Å²) >= 11 is 1.06. The first kappa shape index (κ1) is 75.0. The maximum absolute atomic E-state index is 12.7. The molecule has 85 heavy (non-hydrogen) atoms. The van der Waals surface area contributed by atoms with Gasteiger partial charge in [-0.2, -0.15) is 0 Å². The molecular formula is C57H88N7O17P3S-4. The summed E-state index contributed by atoms with van der Waals surface area (Å²) in [6.45, 7) is 2.26. The number of phosphoric acid groups is 3. The molecule has 2 unspecified atom stereocenters. The summed E-state index contributed by atoms with van der Waals surface area (Å²) in [4.78, 5) is 97.2. The number of thioether (sulfide) groups is 1. The number of hydrogen-bond acceptors (Lipinski definition) is 22. The summed E-state index contributed by atoms with van der Waals surface area (Å²) in [6, 6.07) is 0. The van der Waals surface area contributed by atoms with E-state index in [-0.39, 0.29) is 41.6 Å². The molecule has 0 spiro atoms. The van der Waals surface area contributed by atoms with Crippen LogP contribution in [0.1, 0.15) is 162 Å². The number of ether oxygens (including phenoxy) is 1. The van der Waals surface area contributed by atoms with Crippen LogP contribution in [0.5, 0.6) is 0 Å². The Morgan fingerprint density at radius 1 is 0.741 bits per heavy atom. The van der Waals surface area contributed by atoms with Crippen LogP contribution in [0.2, 0.25) is 0 Å². The first-order chi connectivity index (χ1) is 40.6.